The van der Waals surface area contributed by atoms with Crippen molar-refractivity contribution in [3.05, 3.63) is 58.6 Å². The fourth-order valence-electron chi connectivity index (χ4n) is 2.22. The zero-order valence-electron chi connectivity index (χ0n) is 15.1. The fourth-order valence-corrected chi connectivity index (χ4v) is 3.10. The summed E-state index contributed by atoms with van der Waals surface area (Å²) in [7, 11) is 0. The van der Waals surface area contributed by atoms with E-state index in [0.717, 1.165) is 35.6 Å². The first-order valence-electron chi connectivity index (χ1n) is 8.67. The third-order valence-electron chi connectivity index (χ3n) is 3.80. The molecule has 1 fully saturated rings. The number of pyridine rings is 1. The van der Waals surface area contributed by atoms with Crippen LogP contribution in [0, 0.1) is 19.8 Å². The van der Waals surface area contributed by atoms with Crippen LogP contribution in [-0.2, 0) is 6.54 Å². The van der Waals surface area contributed by atoms with Crippen LogP contribution < -0.4 is 10.1 Å². The minimum atomic E-state index is 0.645. The van der Waals surface area contributed by atoms with E-state index in [2.05, 4.69) is 25.3 Å². The molecular weight excluding hydrogens is 346 g/mol. The maximum atomic E-state index is 5.65. The van der Waals surface area contributed by atoms with E-state index >= 15 is 0 Å². The Labute approximate surface area is 157 Å². The van der Waals surface area contributed by atoms with Crippen molar-refractivity contribution in [1.82, 2.24) is 19.9 Å². The highest BCUT2D eigenvalue weighted by molar-refractivity contribution is 7.11. The van der Waals surface area contributed by atoms with Crippen LogP contribution in [0.2, 0.25) is 0 Å². The van der Waals surface area contributed by atoms with Gasteiger partial charge in [-0.15, -0.1) is 11.3 Å². The van der Waals surface area contributed by atoms with E-state index in [1.54, 1.807) is 23.7 Å². The number of nitrogens with one attached hydrogen (secondary N) is 1. The van der Waals surface area contributed by atoms with Gasteiger partial charge in [-0.2, -0.15) is 0 Å². The van der Waals surface area contributed by atoms with Gasteiger partial charge in [-0.3, -0.25) is 4.98 Å². The first-order chi connectivity index (χ1) is 12.7. The summed E-state index contributed by atoms with van der Waals surface area (Å²) in [5.41, 5.74) is 1.08. The van der Waals surface area contributed by atoms with Gasteiger partial charge in [0.05, 0.1) is 23.9 Å². The van der Waals surface area contributed by atoms with Crippen molar-refractivity contribution in [1.29, 1.82) is 0 Å². The van der Waals surface area contributed by atoms with E-state index in [0.29, 0.717) is 5.88 Å². The van der Waals surface area contributed by atoms with Gasteiger partial charge in [-0.25, -0.2) is 15.0 Å². The van der Waals surface area contributed by atoms with Crippen LogP contribution in [0.1, 0.15) is 28.4 Å². The molecule has 0 aromatic carbocycles. The zero-order valence-corrected chi connectivity index (χ0v) is 15.9. The summed E-state index contributed by atoms with van der Waals surface area (Å²) in [4.78, 5) is 17.8. The molecule has 4 rings (SSSR count). The van der Waals surface area contributed by atoms with Gasteiger partial charge < -0.3 is 10.1 Å². The molecule has 0 radical (unpaired) electrons. The van der Waals surface area contributed by atoms with Crippen LogP contribution in [0.3, 0.4) is 0 Å². The third kappa shape index (κ3) is 6.07. The average molecular weight is 369 g/mol. The van der Waals surface area contributed by atoms with E-state index in [4.69, 9.17) is 4.74 Å². The second-order valence-corrected chi connectivity index (χ2v) is 7.40. The van der Waals surface area contributed by atoms with E-state index in [1.807, 2.05) is 38.1 Å². The molecule has 1 aliphatic carbocycles. The van der Waals surface area contributed by atoms with Crippen molar-refractivity contribution in [3.63, 3.8) is 0 Å². The molecule has 0 aliphatic heterocycles. The van der Waals surface area contributed by atoms with Crippen molar-refractivity contribution in [2.75, 3.05) is 11.9 Å². The molecule has 1 saturated carbocycles. The van der Waals surface area contributed by atoms with Crippen molar-refractivity contribution in [2.45, 2.75) is 33.2 Å². The second-order valence-electron chi connectivity index (χ2n) is 6.12. The summed E-state index contributed by atoms with van der Waals surface area (Å²) in [5, 5.41) is 4.39. The highest BCUT2D eigenvalue weighted by Crippen LogP contribution is 2.29. The molecule has 0 bridgehead atoms. The van der Waals surface area contributed by atoms with Gasteiger partial charge in [0.1, 0.15) is 12.1 Å². The van der Waals surface area contributed by atoms with Gasteiger partial charge in [0.2, 0.25) is 5.88 Å². The van der Waals surface area contributed by atoms with Gasteiger partial charge in [0.25, 0.3) is 0 Å². The van der Waals surface area contributed by atoms with Crippen molar-refractivity contribution in [3.8, 4) is 5.88 Å². The molecule has 1 aliphatic rings. The lowest BCUT2D eigenvalue weighted by Gasteiger charge is -2.07. The van der Waals surface area contributed by atoms with Crippen LogP contribution in [0.15, 0.2) is 43.0 Å². The highest BCUT2D eigenvalue weighted by Gasteiger charge is 2.22. The molecule has 136 valence electrons. The molecule has 0 atom stereocenters. The van der Waals surface area contributed by atoms with Gasteiger partial charge in [-0.1, -0.05) is 6.07 Å². The summed E-state index contributed by atoms with van der Waals surface area (Å²) in [6, 6.07) is 7.57. The lowest BCUT2D eigenvalue weighted by atomic mass is 10.4. The van der Waals surface area contributed by atoms with Crippen LogP contribution >= 0.6 is 11.3 Å². The minimum absolute atomic E-state index is 0.645. The topological polar surface area (TPSA) is 72.8 Å². The van der Waals surface area contributed by atoms with Gasteiger partial charge in [0, 0.05) is 23.3 Å². The molecule has 3 aromatic rings. The molecule has 6 nitrogen and oxygen atoms in total. The van der Waals surface area contributed by atoms with Gasteiger partial charge >= 0.3 is 0 Å². The summed E-state index contributed by atoms with van der Waals surface area (Å²) in [6.45, 7) is 5.56. The van der Waals surface area contributed by atoms with Crippen molar-refractivity contribution in [2.24, 2.45) is 5.92 Å². The first-order valence-corrected chi connectivity index (χ1v) is 9.49. The zero-order chi connectivity index (χ0) is 18.2. The maximum Gasteiger partial charge on any atom is 0.218 e. The Hall–Kier alpha value is -2.54. The Balaban J connectivity index is 0.000000278. The predicted molar refractivity (Wildman–Crippen MR) is 103 cm³/mol. The van der Waals surface area contributed by atoms with Crippen LogP contribution in [-0.4, -0.2) is 26.5 Å². The van der Waals surface area contributed by atoms with Gasteiger partial charge in [0.15, 0.2) is 0 Å². The Morgan fingerprint density at radius 2 is 1.96 bits per heavy atom. The fraction of sp³-hybridized carbons (Fsp3) is 0.368. The molecule has 26 heavy (non-hydrogen) atoms. The molecule has 7 heteroatoms. The summed E-state index contributed by atoms with van der Waals surface area (Å²) in [5.74, 6) is 2.16. The SMILES string of the molecule is Cc1nc(C)c(CNc2cc(OCC3CC3)ncn2)s1.c1ccncc1. The van der Waals surface area contributed by atoms with E-state index < -0.39 is 0 Å². The Morgan fingerprint density at radius 1 is 1.15 bits per heavy atom. The minimum Gasteiger partial charge on any atom is -0.477 e. The number of nitrogens with zero attached hydrogens (tertiary/aromatic N) is 4. The summed E-state index contributed by atoms with van der Waals surface area (Å²) < 4.78 is 5.65. The van der Waals surface area contributed by atoms with E-state index in [1.165, 1.54) is 24.0 Å². The number of aromatic nitrogens is 4. The third-order valence-corrected chi connectivity index (χ3v) is 4.87. The first kappa shape index (κ1) is 18.3. The number of aryl methyl sites for hydroxylation is 2. The van der Waals surface area contributed by atoms with Crippen LogP contribution in [0.4, 0.5) is 5.82 Å². The Kier molecular flexibility index (Phi) is 6.49. The van der Waals surface area contributed by atoms with Crippen LogP contribution in [0.25, 0.3) is 0 Å². The normalized spacial score (nSPS) is 12.8. The lowest BCUT2D eigenvalue weighted by Crippen LogP contribution is -2.04. The average Bonchev–Trinajstić information content (AvgIpc) is 3.44. The maximum absolute atomic E-state index is 5.65. The Bertz CT molecular complexity index is 778. The molecule has 3 heterocycles. The molecule has 0 saturated heterocycles. The quantitative estimate of drug-likeness (QED) is 0.707. The van der Waals surface area contributed by atoms with Crippen molar-refractivity contribution >= 4 is 17.2 Å². The predicted octanol–water partition coefficient (Wildman–Crippen LogP) is 4.03. The molecule has 1 N–H and O–H groups in total. The number of thiazole rings is 1. The Morgan fingerprint density at radius 3 is 2.54 bits per heavy atom. The summed E-state index contributed by atoms with van der Waals surface area (Å²) in [6.07, 6.45) is 7.59. The van der Waals surface area contributed by atoms with Gasteiger partial charge in [-0.05, 0) is 44.7 Å². The number of hydrogen-bond acceptors (Lipinski definition) is 7. The molecule has 0 amide bonds. The van der Waals surface area contributed by atoms with Crippen molar-refractivity contribution < 1.29 is 4.74 Å². The van der Waals surface area contributed by atoms with E-state index in [-0.39, 0.29) is 0 Å². The molecule has 0 spiro atoms. The number of anilines is 1. The molecule has 3 aromatic heterocycles. The van der Waals surface area contributed by atoms with Crippen LogP contribution in [0.5, 0.6) is 5.88 Å². The number of hydrogen-bond donors (Lipinski definition) is 1. The lowest BCUT2D eigenvalue weighted by molar-refractivity contribution is 0.288. The number of rotatable bonds is 6. The largest absolute Gasteiger partial charge is 0.477 e. The smallest absolute Gasteiger partial charge is 0.218 e. The summed E-state index contributed by atoms with van der Waals surface area (Å²) >= 11 is 1.71. The number of ether oxygens (including phenoxy) is 1. The van der Waals surface area contributed by atoms with E-state index in [9.17, 15) is 0 Å². The molecule has 0 unspecified atom stereocenters. The highest BCUT2D eigenvalue weighted by atomic mass is 32.1. The standard InChI is InChI=1S/C14H18N4OS.C5H5N/c1-9-12(20-10(2)18-9)6-15-13-5-14(17-8-16-13)19-7-11-3-4-11;1-2-4-6-5-3-1/h5,8,11H,3-4,6-7H2,1-2H3,(H,15,16,17);1-5H. The molecular formula is C19H23N5OS. The monoisotopic (exact) mass is 369 g/mol. The second kappa shape index (κ2) is 9.24.